The molecule has 12 heavy (non-hydrogen) atoms. The highest BCUT2D eigenvalue weighted by atomic mass is 32.1. The molecule has 1 N–H and O–H groups in total. The lowest BCUT2D eigenvalue weighted by atomic mass is 10.4. The molecule has 0 spiro atoms. The van der Waals surface area contributed by atoms with E-state index in [0.717, 1.165) is 23.6 Å². The highest BCUT2D eigenvalue weighted by molar-refractivity contribution is 7.73. The summed E-state index contributed by atoms with van der Waals surface area (Å²) in [4.78, 5) is 6.72. The van der Waals surface area contributed by atoms with Gasteiger partial charge in [-0.1, -0.05) is 13.8 Å². The van der Waals surface area contributed by atoms with Crippen LogP contribution >= 0.6 is 23.6 Å². The second kappa shape index (κ2) is 4.74. The standard InChI is InChI=1S/C8H14N2S2/c1-3-10(4-2)6-7-5-9-8(11)12-7/h5H,3-4,6H2,1-2H3,(H,9,11). The molecule has 0 bridgehead atoms. The van der Waals surface area contributed by atoms with Gasteiger partial charge in [-0.05, 0) is 25.3 Å². The molecule has 0 fully saturated rings. The minimum atomic E-state index is 0.872. The molecular weight excluding hydrogens is 188 g/mol. The normalized spacial score (nSPS) is 10.9. The fraction of sp³-hybridized carbons (Fsp3) is 0.625. The Morgan fingerprint density at radius 2 is 2.17 bits per heavy atom. The molecule has 0 aliphatic rings. The van der Waals surface area contributed by atoms with Crippen molar-refractivity contribution >= 4 is 23.6 Å². The summed E-state index contributed by atoms with van der Waals surface area (Å²) in [7, 11) is 0. The number of aromatic amines is 1. The second-order valence-corrected chi connectivity index (χ2v) is 4.41. The SMILES string of the molecule is CCN(CC)Cc1c[nH]c(=S)s1. The summed E-state index contributed by atoms with van der Waals surface area (Å²) < 4.78 is 0.872. The third-order valence-corrected chi connectivity index (χ3v) is 3.03. The van der Waals surface area contributed by atoms with E-state index in [9.17, 15) is 0 Å². The molecule has 0 saturated heterocycles. The zero-order chi connectivity index (χ0) is 8.97. The van der Waals surface area contributed by atoms with Gasteiger partial charge in [0, 0.05) is 17.6 Å². The molecule has 4 heteroatoms. The molecule has 0 saturated carbocycles. The lowest BCUT2D eigenvalue weighted by Crippen LogP contribution is -2.21. The first-order valence-electron chi connectivity index (χ1n) is 4.16. The van der Waals surface area contributed by atoms with Crippen molar-refractivity contribution in [3.63, 3.8) is 0 Å². The zero-order valence-corrected chi connectivity index (χ0v) is 9.10. The highest BCUT2D eigenvalue weighted by Crippen LogP contribution is 2.10. The number of H-pyrrole nitrogens is 1. The number of nitrogens with one attached hydrogen (secondary N) is 1. The lowest BCUT2D eigenvalue weighted by Gasteiger charge is -2.15. The molecule has 1 heterocycles. The van der Waals surface area contributed by atoms with E-state index in [-0.39, 0.29) is 0 Å². The summed E-state index contributed by atoms with van der Waals surface area (Å²) in [6.07, 6.45) is 2.01. The van der Waals surface area contributed by atoms with Gasteiger partial charge in [0.25, 0.3) is 0 Å². The predicted molar refractivity (Wildman–Crippen MR) is 56.1 cm³/mol. The van der Waals surface area contributed by atoms with Gasteiger partial charge in [0.1, 0.15) is 0 Å². The molecule has 0 unspecified atom stereocenters. The molecular formula is C8H14N2S2. The Labute approximate surface area is 82.2 Å². The topological polar surface area (TPSA) is 19.0 Å². The van der Waals surface area contributed by atoms with E-state index in [0.29, 0.717) is 0 Å². The summed E-state index contributed by atoms with van der Waals surface area (Å²) in [5, 5.41) is 0. The van der Waals surface area contributed by atoms with Crippen LogP contribution in [0.2, 0.25) is 0 Å². The number of thiazole rings is 1. The molecule has 1 rings (SSSR count). The highest BCUT2D eigenvalue weighted by Gasteiger charge is 2.01. The van der Waals surface area contributed by atoms with Gasteiger partial charge in [-0.15, -0.1) is 11.3 Å². The summed E-state index contributed by atoms with van der Waals surface area (Å²) in [5.74, 6) is 0. The van der Waals surface area contributed by atoms with E-state index in [1.807, 2.05) is 6.20 Å². The molecule has 0 amide bonds. The number of rotatable bonds is 4. The van der Waals surface area contributed by atoms with Crippen LogP contribution in [0.15, 0.2) is 6.20 Å². The van der Waals surface area contributed by atoms with Crippen molar-refractivity contribution in [3.05, 3.63) is 15.0 Å². The van der Waals surface area contributed by atoms with Gasteiger partial charge in [-0.25, -0.2) is 0 Å². The lowest BCUT2D eigenvalue weighted by molar-refractivity contribution is 0.298. The molecule has 0 radical (unpaired) electrons. The Morgan fingerprint density at radius 1 is 1.50 bits per heavy atom. The van der Waals surface area contributed by atoms with Crippen LogP contribution in [0, 0.1) is 3.95 Å². The van der Waals surface area contributed by atoms with E-state index in [2.05, 4.69) is 23.7 Å². The summed E-state index contributed by atoms with van der Waals surface area (Å²) in [6, 6.07) is 0. The molecule has 0 aliphatic heterocycles. The molecule has 68 valence electrons. The Bertz CT molecular complexity index is 273. The third kappa shape index (κ3) is 2.69. The maximum Gasteiger partial charge on any atom is 0.158 e. The first kappa shape index (κ1) is 9.89. The van der Waals surface area contributed by atoms with Crippen LogP contribution in [0.4, 0.5) is 0 Å². The van der Waals surface area contributed by atoms with Crippen LogP contribution in [0.3, 0.4) is 0 Å². The Morgan fingerprint density at radius 3 is 2.58 bits per heavy atom. The molecule has 1 aromatic rings. The Kier molecular flexibility index (Phi) is 3.91. The molecule has 0 aromatic carbocycles. The monoisotopic (exact) mass is 202 g/mol. The van der Waals surface area contributed by atoms with Gasteiger partial charge in [-0.3, -0.25) is 4.90 Å². The van der Waals surface area contributed by atoms with Crippen molar-refractivity contribution < 1.29 is 0 Å². The van der Waals surface area contributed by atoms with Crippen LogP contribution in [0.5, 0.6) is 0 Å². The number of hydrogen-bond donors (Lipinski definition) is 1. The Hall–Kier alpha value is -0.190. The van der Waals surface area contributed by atoms with Gasteiger partial charge in [0.2, 0.25) is 0 Å². The minimum Gasteiger partial charge on any atom is -0.343 e. The summed E-state index contributed by atoms with van der Waals surface area (Å²) in [6.45, 7) is 7.57. The smallest absolute Gasteiger partial charge is 0.158 e. The van der Waals surface area contributed by atoms with Crippen LogP contribution < -0.4 is 0 Å². The van der Waals surface area contributed by atoms with Crippen LogP contribution in [-0.4, -0.2) is 23.0 Å². The second-order valence-electron chi connectivity index (χ2n) is 2.61. The van der Waals surface area contributed by atoms with Crippen molar-refractivity contribution in [3.8, 4) is 0 Å². The number of aromatic nitrogens is 1. The van der Waals surface area contributed by atoms with Gasteiger partial charge in [0.15, 0.2) is 3.95 Å². The average Bonchev–Trinajstić information content (AvgIpc) is 2.47. The van der Waals surface area contributed by atoms with E-state index in [1.54, 1.807) is 11.3 Å². The van der Waals surface area contributed by atoms with E-state index in [4.69, 9.17) is 12.2 Å². The minimum absolute atomic E-state index is 0.872. The number of nitrogens with zero attached hydrogens (tertiary/aromatic N) is 1. The maximum absolute atomic E-state index is 5.00. The van der Waals surface area contributed by atoms with Crippen molar-refractivity contribution in [2.45, 2.75) is 20.4 Å². The fourth-order valence-electron chi connectivity index (χ4n) is 1.06. The summed E-state index contributed by atoms with van der Waals surface area (Å²) in [5.41, 5.74) is 0. The first-order valence-corrected chi connectivity index (χ1v) is 5.38. The van der Waals surface area contributed by atoms with Gasteiger partial charge >= 0.3 is 0 Å². The van der Waals surface area contributed by atoms with E-state index in [1.165, 1.54) is 4.88 Å². The first-order chi connectivity index (χ1) is 5.76. The van der Waals surface area contributed by atoms with Crippen LogP contribution in [-0.2, 0) is 6.54 Å². The van der Waals surface area contributed by atoms with Crippen molar-refractivity contribution in [2.75, 3.05) is 13.1 Å². The van der Waals surface area contributed by atoms with Gasteiger partial charge in [-0.2, -0.15) is 0 Å². The van der Waals surface area contributed by atoms with Crippen LogP contribution in [0.1, 0.15) is 18.7 Å². The average molecular weight is 202 g/mol. The van der Waals surface area contributed by atoms with Gasteiger partial charge < -0.3 is 4.98 Å². The fourth-order valence-corrected chi connectivity index (χ4v) is 2.16. The molecule has 0 atom stereocenters. The molecule has 2 nitrogen and oxygen atoms in total. The zero-order valence-electron chi connectivity index (χ0n) is 7.46. The predicted octanol–water partition coefficient (Wildman–Crippen LogP) is 2.65. The van der Waals surface area contributed by atoms with Crippen molar-refractivity contribution in [1.29, 1.82) is 0 Å². The van der Waals surface area contributed by atoms with Crippen LogP contribution in [0.25, 0.3) is 0 Å². The Balaban J connectivity index is 2.56. The molecule has 1 aromatic heterocycles. The molecule has 0 aliphatic carbocycles. The third-order valence-electron chi connectivity index (χ3n) is 1.85. The van der Waals surface area contributed by atoms with Crippen molar-refractivity contribution in [1.82, 2.24) is 9.88 Å². The summed E-state index contributed by atoms with van der Waals surface area (Å²) >= 11 is 6.67. The maximum atomic E-state index is 5.00. The van der Waals surface area contributed by atoms with E-state index < -0.39 is 0 Å². The van der Waals surface area contributed by atoms with Crippen molar-refractivity contribution in [2.24, 2.45) is 0 Å². The number of hydrogen-bond acceptors (Lipinski definition) is 3. The van der Waals surface area contributed by atoms with E-state index >= 15 is 0 Å². The van der Waals surface area contributed by atoms with Gasteiger partial charge in [0.05, 0.1) is 0 Å². The quantitative estimate of drug-likeness (QED) is 0.757. The largest absolute Gasteiger partial charge is 0.343 e.